The van der Waals surface area contributed by atoms with Crippen molar-refractivity contribution in [3.63, 3.8) is 0 Å². The van der Waals surface area contributed by atoms with Crippen LogP contribution >= 0.6 is 0 Å². The number of hydrogen-bond donors (Lipinski definition) is 1. The summed E-state index contributed by atoms with van der Waals surface area (Å²) in [7, 11) is 0. The van der Waals surface area contributed by atoms with Crippen molar-refractivity contribution in [2.75, 3.05) is 19.8 Å². The minimum absolute atomic E-state index is 0.229. The van der Waals surface area contributed by atoms with E-state index in [4.69, 9.17) is 19.4 Å². The average molecular weight is 336 g/mol. The third kappa shape index (κ3) is 5.90. The van der Waals surface area contributed by atoms with Crippen LogP contribution in [0.4, 0.5) is 0 Å². The fraction of sp³-hybridized carbons (Fsp3) is 0.588. The van der Waals surface area contributed by atoms with Gasteiger partial charge in [-0.3, -0.25) is 4.98 Å². The Morgan fingerprint density at radius 3 is 2.79 bits per heavy atom. The molecule has 1 aromatic heterocycles. The van der Waals surface area contributed by atoms with Crippen molar-refractivity contribution < 1.29 is 24.2 Å². The third-order valence-corrected chi connectivity index (χ3v) is 3.90. The lowest BCUT2D eigenvalue weighted by molar-refractivity contribution is -0.271. The smallest absolute Gasteiger partial charge is 0.364 e. The molecule has 0 radical (unpaired) electrons. The fourth-order valence-electron chi connectivity index (χ4n) is 2.30. The number of rotatable bonds is 9. The van der Waals surface area contributed by atoms with Gasteiger partial charge in [0.05, 0.1) is 13.2 Å². The van der Waals surface area contributed by atoms with E-state index in [0.29, 0.717) is 19.8 Å². The van der Waals surface area contributed by atoms with E-state index in [-0.39, 0.29) is 5.92 Å². The fourth-order valence-corrected chi connectivity index (χ4v) is 2.30. The van der Waals surface area contributed by atoms with E-state index in [1.807, 2.05) is 12.1 Å². The molecule has 1 aliphatic heterocycles. The Kier molecular flexibility index (Phi) is 7.14. The quantitative estimate of drug-likeness (QED) is 0.423. The van der Waals surface area contributed by atoms with Crippen LogP contribution in [0.5, 0.6) is 0 Å². The number of nitrogens with zero attached hydrogens (tertiary/aromatic N) is 2. The van der Waals surface area contributed by atoms with Crippen LogP contribution in [0, 0.1) is 5.92 Å². The first-order chi connectivity index (χ1) is 11.6. The van der Waals surface area contributed by atoms with Gasteiger partial charge >= 0.3 is 5.97 Å². The Bertz CT molecular complexity index is 527. The monoisotopic (exact) mass is 336 g/mol. The number of carbonyl (C=O) groups is 1. The second kappa shape index (κ2) is 9.34. The van der Waals surface area contributed by atoms with Gasteiger partial charge in [-0.25, -0.2) is 4.79 Å². The lowest BCUT2D eigenvalue weighted by atomic mass is 10.0. The first-order valence-electron chi connectivity index (χ1n) is 8.14. The minimum atomic E-state index is -1.50. The van der Waals surface area contributed by atoms with E-state index in [0.717, 1.165) is 31.2 Å². The third-order valence-electron chi connectivity index (χ3n) is 3.90. The molecule has 2 rings (SSSR count). The second-order valence-corrected chi connectivity index (χ2v) is 5.92. The van der Waals surface area contributed by atoms with Crippen LogP contribution in [-0.4, -0.2) is 47.9 Å². The summed E-state index contributed by atoms with van der Waals surface area (Å²) in [6.45, 7) is 2.82. The van der Waals surface area contributed by atoms with Crippen LogP contribution in [0.3, 0.4) is 0 Å². The van der Waals surface area contributed by atoms with Crippen LogP contribution < -0.4 is 0 Å². The normalized spacial score (nSPS) is 24.1. The van der Waals surface area contributed by atoms with Crippen LogP contribution in [0.2, 0.25) is 0 Å². The summed E-state index contributed by atoms with van der Waals surface area (Å²) < 4.78 is 10.6. The summed E-state index contributed by atoms with van der Waals surface area (Å²) in [6.07, 6.45) is 8.73. The van der Waals surface area contributed by atoms with Gasteiger partial charge in [0.2, 0.25) is 0 Å². The van der Waals surface area contributed by atoms with Crippen LogP contribution in [0.15, 0.2) is 29.7 Å². The van der Waals surface area contributed by atoms with E-state index >= 15 is 0 Å². The van der Waals surface area contributed by atoms with Gasteiger partial charge in [-0.15, -0.1) is 0 Å². The predicted molar refractivity (Wildman–Crippen MR) is 87.7 cm³/mol. The van der Waals surface area contributed by atoms with E-state index < -0.39 is 11.8 Å². The molecule has 1 N–H and O–H groups in total. The Morgan fingerprint density at radius 1 is 1.42 bits per heavy atom. The maximum Gasteiger partial charge on any atom is 0.364 e. The number of aliphatic carboxylic acids is 1. The molecule has 0 aliphatic carbocycles. The molecule has 0 amide bonds. The van der Waals surface area contributed by atoms with Crippen molar-refractivity contribution in [1.82, 2.24) is 4.98 Å². The SMILES string of the molecule is CC1(C(=O)O)OCC(CCCCON=CCc2ccncc2)CO1. The lowest BCUT2D eigenvalue weighted by Crippen LogP contribution is -2.47. The summed E-state index contributed by atoms with van der Waals surface area (Å²) in [5, 5.41) is 12.9. The number of unbranched alkanes of at least 4 members (excludes halogenated alkanes) is 1. The summed E-state index contributed by atoms with van der Waals surface area (Å²) in [4.78, 5) is 20.2. The molecule has 0 spiro atoms. The van der Waals surface area contributed by atoms with Gasteiger partial charge in [0.1, 0.15) is 6.61 Å². The molecular weight excluding hydrogens is 312 g/mol. The number of carboxylic acid groups (broad SMARTS) is 1. The van der Waals surface area contributed by atoms with Crippen LogP contribution in [0.25, 0.3) is 0 Å². The standard InChI is InChI=1S/C17H24N2O5/c1-17(16(20)21)22-12-15(13-23-17)4-2-3-11-24-19-10-7-14-5-8-18-9-6-14/h5-6,8-10,15H,2-4,7,11-13H2,1H3,(H,20,21). The van der Waals surface area contributed by atoms with Crippen molar-refractivity contribution in [2.24, 2.45) is 11.1 Å². The number of oxime groups is 1. The molecule has 0 saturated carbocycles. The molecule has 2 heterocycles. The van der Waals surface area contributed by atoms with Crippen molar-refractivity contribution in [3.05, 3.63) is 30.1 Å². The Balaban J connectivity index is 1.49. The zero-order chi connectivity index (χ0) is 17.3. The molecule has 1 saturated heterocycles. The highest BCUT2D eigenvalue weighted by Gasteiger charge is 2.40. The molecule has 0 aromatic carbocycles. The van der Waals surface area contributed by atoms with Crippen LogP contribution in [-0.2, 0) is 25.5 Å². The highest BCUT2D eigenvalue weighted by Crippen LogP contribution is 2.24. The first kappa shape index (κ1) is 18.4. The van der Waals surface area contributed by atoms with E-state index in [1.165, 1.54) is 6.92 Å². The number of pyridine rings is 1. The first-order valence-corrected chi connectivity index (χ1v) is 8.14. The van der Waals surface area contributed by atoms with Gasteiger partial charge < -0.3 is 19.4 Å². The molecule has 0 bridgehead atoms. The predicted octanol–water partition coefficient (Wildman–Crippen LogP) is 2.26. The van der Waals surface area contributed by atoms with Crippen molar-refractivity contribution in [2.45, 2.75) is 38.4 Å². The molecule has 0 unspecified atom stereocenters. The topological polar surface area (TPSA) is 90.2 Å². The molecule has 132 valence electrons. The largest absolute Gasteiger partial charge is 0.477 e. The van der Waals surface area contributed by atoms with E-state index in [2.05, 4.69) is 10.1 Å². The molecule has 1 aromatic rings. The van der Waals surface area contributed by atoms with Gasteiger partial charge in [-0.1, -0.05) is 5.16 Å². The Hall–Kier alpha value is -1.99. The molecule has 7 nitrogen and oxygen atoms in total. The highest BCUT2D eigenvalue weighted by molar-refractivity contribution is 5.75. The molecule has 1 fully saturated rings. The molecule has 0 atom stereocenters. The zero-order valence-corrected chi connectivity index (χ0v) is 13.9. The van der Waals surface area contributed by atoms with E-state index in [9.17, 15) is 4.79 Å². The summed E-state index contributed by atoms with van der Waals surface area (Å²) >= 11 is 0. The Morgan fingerprint density at radius 2 is 2.12 bits per heavy atom. The summed E-state index contributed by atoms with van der Waals surface area (Å²) in [5.74, 6) is -2.35. The molecule has 24 heavy (non-hydrogen) atoms. The van der Waals surface area contributed by atoms with E-state index in [1.54, 1.807) is 18.6 Å². The number of ether oxygens (including phenoxy) is 2. The van der Waals surface area contributed by atoms with Gasteiger partial charge in [-0.05, 0) is 37.0 Å². The number of carboxylic acids is 1. The summed E-state index contributed by atoms with van der Waals surface area (Å²) in [5.41, 5.74) is 1.14. The zero-order valence-electron chi connectivity index (χ0n) is 13.9. The lowest BCUT2D eigenvalue weighted by Gasteiger charge is -2.34. The highest BCUT2D eigenvalue weighted by atomic mass is 16.7. The Labute approximate surface area is 141 Å². The molecular formula is C17H24N2O5. The van der Waals surface area contributed by atoms with Crippen molar-refractivity contribution in [1.29, 1.82) is 0 Å². The average Bonchev–Trinajstić information content (AvgIpc) is 2.59. The molecule has 7 heteroatoms. The van der Waals surface area contributed by atoms with Crippen molar-refractivity contribution >= 4 is 12.2 Å². The number of hydrogen-bond acceptors (Lipinski definition) is 6. The van der Waals surface area contributed by atoms with Gasteiger partial charge in [-0.2, -0.15) is 0 Å². The number of aromatic nitrogens is 1. The van der Waals surface area contributed by atoms with Gasteiger partial charge in [0.15, 0.2) is 0 Å². The second-order valence-electron chi connectivity index (χ2n) is 5.92. The van der Waals surface area contributed by atoms with Crippen molar-refractivity contribution in [3.8, 4) is 0 Å². The maximum atomic E-state index is 11.0. The maximum absolute atomic E-state index is 11.0. The van der Waals surface area contributed by atoms with Crippen LogP contribution in [0.1, 0.15) is 31.7 Å². The summed E-state index contributed by atoms with van der Waals surface area (Å²) in [6, 6.07) is 3.88. The minimum Gasteiger partial charge on any atom is -0.477 e. The van der Waals surface area contributed by atoms with Gasteiger partial charge in [0.25, 0.3) is 5.79 Å². The molecule has 1 aliphatic rings. The van der Waals surface area contributed by atoms with Gasteiger partial charge in [0, 0.05) is 37.9 Å².